The highest BCUT2D eigenvalue weighted by atomic mass is 16.7. The van der Waals surface area contributed by atoms with Crippen LogP contribution in [0.1, 0.15) is 78.7 Å². The molecule has 1 atom stereocenters. The number of fused-ring (bicyclic) bond motifs is 7. The molecule has 0 unspecified atom stereocenters. The Kier molecular flexibility index (Phi) is 4.64. The summed E-state index contributed by atoms with van der Waals surface area (Å²) < 4.78 is 26.1. The van der Waals surface area contributed by atoms with E-state index in [0.29, 0.717) is 11.3 Å². The number of hydrogen-bond donors (Lipinski definition) is 0. The van der Waals surface area contributed by atoms with Gasteiger partial charge >= 0.3 is 13.1 Å². The van der Waals surface area contributed by atoms with Gasteiger partial charge in [-0.1, -0.05) is 30.3 Å². The van der Waals surface area contributed by atoms with Gasteiger partial charge in [0.15, 0.2) is 5.60 Å². The van der Waals surface area contributed by atoms with Crippen LogP contribution in [0.25, 0.3) is 0 Å². The predicted octanol–water partition coefficient (Wildman–Crippen LogP) is 5.25. The van der Waals surface area contributed by atoms with Gasteiger partial charge in [-0.3, -0.25) is 0 Å². The molecule has 8 rings (SSSR count). The third-order valence-corrected chi connectivity index (χ3v) is 9.75. The van der Waals surface area contributed by atoms with Crippen LogP contribution >= 0.6 is 0 Å². The van der Waals surface area contributed by atoms with Crippen molar-refractivity contribution >= 4 is 24.2 Å². The standard InChI is InChI=1S/C32H32BNO5/c1-30(2)31(3,4)39-33(38-30)20-13-14-24-26(18-20)36-28-22-11-8-16-34-15-7-9-19(27(22)34)17-25(28)32(24)23-12-6-5-10-21(23)29(35)37-32/h5-6,10,12-14,17-18H,7-9,11,15-16H2,1-4H3/t32-/m1/s1. The van der Waals surface area contributed by atoms with Crippen molar-refractivity contribution in [3.8, 4) is 11.5 Å². The normalized spacial score (nSPS) is 25.0. The van der Waals surface area contributed by atoms with Crippen LogP contribution in [0.4, 0.5) is 5.69 Å². The number of anilines is 1. The Morgan fingerprint density at radius 3 is 2.38 bits per heavy atom. The molecule has 39 heavy (non-hydrogen) atoms. The van der Waals surface area contributed by atoms with Gasteiger partial charge in [-0.2, -0.15) is 0 Å². The molecule has 7 heteroatoms. The molecule has 198 valence electrons. The molecule has 3 aromatic rings. The van der Waals surface area contributed by atoms with Gasteiger partial charge in [0.25, 0.3) is 0 Å². The zero-order valence-electron chi connectivity index (χ0n) is 22.9. The van der Waals surface area contributed by atoms with Gasteiger partial charge in [0.05, 0.1) is 16.8 Å². The smallest absolute Gasteiger partial charge is 0.456 e. The Bertz CT molecular complexity index is 1560. The minimum Gasteiger partial charge on any atom is -0.456 e. The topological polar surface area (TPSA) is 57.2 Å². The lowest BCUT2D eigenvalue weighted by atomic mass is 9.72. The molecule has 5 heterocycles. The lowest BCUT2D eigenvalue weighted by Crippen LogP contribution is -2.41. The van der Waals surface area contributed by atoms with E-state index in [-0.39, 0.29) is 5.97 Å². The Balaban J connectivity index is 1.37. The predicted molar refractivity (Wildman–Crippen MR) is 149 cm³/mol. The van der Waals surface area contributed by atoms with Crippen LogP contribution < -0.4 is 15.1 Å². The molecule has 0 radical (unpaired) electrons. The number of esters is 1. The molecule has 0 N–H and O–H groups in total. The molecule has 1 fully saturated rings. The highest BCUT2D eigenvalue weighted by Gasteiger charge is 2.56. The van der Waals surface area contributed by atoms with Crippen molar-refractivity contribution in [1.29, 1.82) is 0 Å². The van der Waals surface area contributed by atoms with Crippen LogP contribution in [0.15, 0.2) is 48.5 Å². The molecule has 0 bridgehead atoms. The maximum absolute atomic E-state index is 13.4. The highest BCUT2D eigenvalue weighted by molar-refractivity contribution is 6.62. The fourth-order valence-corrected chi connectivity index (χ4v) is 7.12. The lowest BCUT2D eigenvalue weighted by Gasteiger charge is -2.42. The fraction of sp³-hybridized carbons (Fsp3) is 0.406. The molecule has 3 aromatic carbocycles. The van der Waals surface area contributed by atoms with E-state index in [2.05, 4.69) is 38.7 Å². The van der Waals surface area contributed by atoms with Crippen LogP contribution in [-0.2, 0) is 32.5 Å². The average molecular weight is 521 g/mol. The molecular formula is C32H32BNO5. The minimum atomic E-state index is -1.06. The number of hydrogen-bond acceptors (Lipinski definition) is 6. The van der Waals surface area contributed by atoms with E-state index in [0.717, 1.165) is 66.7 Å². The summed E-state index contributed by atoms with van der Waals surface area (Å²) in [4.78, 5) is 15.9. The number of nitrogens with zero attached hydrogens (tertiary/aromatic N) is 1. The zero-order valence-corrected chi connectivity index (χ0v) is 22.9. The van der Waals surface area contributed by atoms with Gasteiger partial charge in [0.1, 0.15) is 11.5 Å². The number of rotatable bonds is 1. The van der Waals surface area contributed by atoms with E-state index in [1.54, 1.807) is 0 Å². The molecule has 6 nitrogen and oxygen atoms in total. The first-order valence-corrected chi connectivity index (χ1v) is 14.1. The zero-order chi connectivity index (χ0) is 26.7. The van der Waals surface area contributed by atoms with Gasteiger partial charge in [-0.15, -0.1) is 0 Å². The first-order valence-electron chi connectivity index (χ1n) is 14.1. The Hall–Kier alpha value is -3.29. The summed E-state index contributed by atoms with van der Waals surface area (Å²) in [6.07, 6.45) is 4.17. The van der Waals surface area contributed by atoms with Gasteiger partial charge in [0.2, 0.25) is 0 Å². The molecule has 5 aliphatic heterocycles. The van der Waals surface area contributed by atoms with Crippen LogP contribution in [0, 0.1) is 0 Å². The first kappa shape index (κ1) is 23.6. The van der Waals surface area contributed by atoms with E-state index in [9.17, 15) is 4.79 Å². The Labute approximate surface area is 229 Å². The number of aryl methyl sites for hydroxylation is 1. The summed E-state index contributed by atoms with van der Waals surface area (Å²) in [6, 6.07) is 16.1. The average Bonchev–Trinajstić information content (AvgIpc) is 3.34. The minimum absolute atomic E-state index is 0.299. The van der Waals surface area contributed by atoms with Gasteiger partial charge in [-0.25, -0.2) is 4.79 Å². The lowest BCUT2D eigenvalue weighted by molar-refractivity contribution is 0.00578. The van der Waals surface area contributed by atoms with Crippen molar-refractivity contribution in [2.45, 2.75) is 70.2 Å². The van der Waals surface area contributed by atoms with Crippen LogP contribution in [0.2, 0.25) is 0 Å². The van der Waals surface area contributed by atoms with Gasteiger partial charge in [0, 0.05) is 41.0 Å². The second-order valence-corrected chi connectivity index (χ2v) is 12.5. The third-order valence-electron chi connectivity index (χ3n) is 9.75. The summed E-state index contributed by atoms with van der Waals surface area (Å²) >= 11 is 0. The second kappa shape index (κ2) is 7.67. The maximum Gasteiger partial charge on any atom is 0.494 e. The summed E-state index contributed by atoms with van der Waals surface area (Å²) in [7, 11) is -0.517. The molecule has 1 spiro atoms. The third kappa shape index (κ3) is 3.03. The van der Waals surface area contributed by atoms with Crippen LogP contribution in [-0.4, -0.2) is 37.4 Å². The van der Waals surface area contributed by atoms with Crippen molar-refractivity contribution < 1.29 is 23.6 Å². The number of carbonyl (C=O) groups excluding carboxylic acids is 1. The maximum atomic E-state index is 13.4. The van der Waals surface area contributed by atoms with Crippen LogP contribution in [0.3, 0.4) is 0 Å². The Morgan fingerprint density at radius 2 is 1.59 bits per heavy atom. The molecule has 1 saturated heterocycles. The van der Waals surface area contributed by atoms with Crippen molar-refractivity contribution in [2.24, 2.45) is 0 Å². The second-order valence-electron chi connectivity index (χ2n) is 12.5. The molecule has 0 amide bonds. The monoisotopic (exact) mass is 521 g/mol. The van der Waals surface area contributed by atoms with Crippen molar-refractivity contribution in [3.05, 3.63) is 81.9 Å². The van der Waals surface area contributed by atoms with Crippen molar-refractivity contribution in [2.75, 3.05) is 18.0 Å². The fourth-order valence-electron chi connectivity index (χ4n) is 7.12. The van der Waals surface area contributed by atoms with E-state index in [4.69, 9.17) is 18.8 Å². The number of ether oxygens (including phenoxy) is 2. The molecule has 5 aliphatic rings. The van der Waals surface area contributed by atoms with Crippen molar-refractivity contribution in [3.63, 3.8) is 0 Å². The van der Waals surface area contributed by atoms with Crippen molar-refractivity contribution in [1.82, 2.24) is 0 Å². The molecule has 0 saturated carbocycles. The first-order chi connectivity index (χ1) is 18.7. The largest absolute Gasteiger partial charge is 0.494 e. The van der Waals surface area contributed by atoms with E-state index >= 15 is 0 Å². The SMILES string of the molecule is CC1(C)OB(c2ccc3c(c2)Oc2c(cc4c5c2CCCN5CCC4)[C@]32OC(=O)c3ccccc32)OC1(C)C. The molecular weight excluding hydrogens is 489 g/mol. The number of carbonyl (C=O) groups is 1. The molecule has 0 aromatic heterocycles. The quantitative estimate of drug-likeness (QED) is 0.322. The van der Waals surface area contributed by atoms with E-state index < -0.39 is 23.9 Å². The summed E-state index contributed by atoms with van der Waals surface area (Å²) in [5.41, 5.74) is 6.08. The number of benzene rings is 3. The summed E-state index contributed by atoms with van der Waals surface area (Å²) in [5.74, 6) is 1.22. The van der Waals surface area contributed by atoms with E-state index in [1.807, 2.05) is 42.5 Å². The van der Waals surface area contributed by atoms with Gasteiger partial charge in [-0.05, 0) is 82.6 Å². The summed E-state index contributed by atoms with van der Waals surface area (Å²) in [5, 5.41) is 0. The van der Waals surface area contributed by atoms with Crippen LogP contribution in [0.5, 0.6) is 11.5 Å². The Morgan fingerprint density at radius 1 is 0.846 bits per heavy atom. The highest BCUT2D eigenvalue weighted by Crippen LogP contribution is 2.59. The molecule has 0 aliphatic carbocycles. The summed E-state index contributed by atoms with van der Waals surface area (Å²) in [6.45, 7) is 10.4. The van der Waals surface area contributed by atoms with Gasteiger partial charge < -0.3 is 23.7 Å². The van der Waals surface area contributed by atoms with E-state index in [1.165, 1.54) is 16.8 Å².